The summed E-state index contributed by atoms with van der Waals surface area (Å²) >= 11 is 23.3. The molecule has 1 N–H and O–H groups in total. The maximum absolute atomic E-state index is 12.0. The van der Waals surface area contributed by atoms with Gasteiger partial charge in [0.25, 0.3) is 5.56 Å². The van der Waals surface area contributed by atoms with E-state index < -0.39 is 11.5 Å². The molecular formula is C13H8Cl4N2O2. The van der Waals surface area contributed by atoms with Gasteiger partial charge in [-0.3, -0.25) is 9.59 Å². The van der Waals surface area contributed by atoms with Crippen LogP contribution in [0.15, 0.2) is 35.3 Å². The van der Waals surface area contributed by atoms with Crippen molar-refractivity contribution in [3.63, 3.8) is 0 Å². The molecule has 0 aliphatic heterocycles. The highest BCUT2D eigenvalue weighted by Crippen LogP contribution is 2.25. The first-order chi connectivity index (χ1) is 9.86. The van der Waals surface area contributed by atoms with Crippen molar-refractivity contribution >= 4 is 58.0 Å². The minimum Gasteiger partial charge on any atom is -0.323 e. The van der Waals surface area contributed by atoms with Gasteiger partial charge in [0.15, 0.2) is 0 Å². The third kappa shape index (κ3) is 4.14. The topological polar surface area (TPSA) is 51.1 Å². The van der Waals surface area contributed by atoms with Gasteiger partial charge in [0.05, 0.1) is 15.7 Å². The summed E-state index contributed by atoms with van der Waals surface area (Å²) in [7, 11) is 0. The lowest BCUT2D eigenvalue weighted by molar-refractivity contribution is -0.116. The van der Waals surface area contributed by atoms with Crippen LogP contribution in [0, 0.1) is 0 Å². The van der Waals surface area contributed by atoms with Crippen LogP contribution in [0.1, 0.15) is 0 Å². The molecule has 0 aliphatic carbocycles. The molecule has 0 saturated heterocycles. The fraction of sp³-hybridized carbons (Fsp3) is 0.0769. The molecular weight excluding hydrogens is 358 g/mol. The minimum atomic E-state index is -0.506. The van der Waals surface area contributed by atoms with Gasteiger partial charge in [0.2, 0.25) is 5.91 Å². The molecule has 1 aromatic carbocycles. The molecule has 0 saturated carbocycles. The first-order valence-corrected chi connectivity index (χ1v) is 7.18. The largest absolute Gasteiger partial charge is 0.323 e. The van der Waals surface area contributed by atoms with E-state index in [-0.39, 0.29) is 16.6 Å². The third-order valence-electron chi connectivity index (χ3n) is 2.53. The number of halogens is 4. The maximum atomic E-state index is 12.0. The quantitative estimate of drug-likeness (QED) is 0.890. The van der Waals surface area contributed by atoms with Crippen molar-refractivity contribution in [3.05, 3.63) is 60.9 Å². The first kappa shape index (κ1) is 16.2. The highest BCUT2D eigenvalue weighted by atomic mass is 35.5. The Hall–Kier alpha value is -1.20. The van der Waals surface area contributed by atoms with Crippen LogP contribution in [0.5, 0.6) is 0 Å². The van der Waals surface area contributed by atoms with E-state index in [4.69, 9.17) is 46.4 Å². The molecule has 1 heterocycles. The zero-order chi connectivity index (χ0) is 15.6. The van der Waals surface area contributed by atoms with Crippen molar-refractivity contribution in [2.45, 2.75) is 6.54 Å². The summed E-state index contributed by atoms with van der Waals surface area (Å²) in [6.45, 7) is -0.248. The number of amides is 1. The van der Waals surface area contributed by atoms with Gasteiger partial charge in [-0.1, -0.05) is 46.4 Å². The zero-order valence-corrected chi connectivity index (χ0v) is 13.4. The van der Waals surface area contributed by atoms with E-state index >= 15 is 0 Å². The van der Waals surface area contributed by atoms with Crippen LogP contribution in [0.25, 0.3) is 0 Å². The predicted octanol–water partition coefficient (Wildman–Crippen LogP) is 4.10. The molecule has 110 valence electrons. The van der Waals surface area contributed by atoms with Gasteiger partial charge in [0, 0.05) is 11.2 Å². The van der Waals surface area contributed by atoms with Crippen LogP contribution in [0.3, 0.4) is 0 Å². The Labute approximate surface area is 140 Å². The second-order valence-corrected chi connectivity index (χ2v) is 5.80. The smallest absolute Gasteiger partial charge is 0.269 e. The van der Waals surface area contributed by atoms with Gasteiger partial charge in [-0.05, 0) is 24.3 Å². The van der Waals surface area contributed by atoms with Crippen LogP contribution >= 0.6 is 46.4 Å². The van der Waals surface area contributed by atoms with Crippen LogP contribution in [0.4, 0.5) is 5.69 Å². The number of benzene rings is 1. The number of nitrogens with one attached hydrogen (secondary N) is 1. The Morgan fingerprint density at radius 1 is 1.05 bits per heavy atom. The van der Waals surface area contributed by atoms with Crippen LogP contribution in [-0.4, -0.2) is 10.5 Å². The predicted molar refractivity (Wildman–Crippen MR) is 85.8 cm³/mol. The molecule has 0 fully saturated rings. The van der Waals surface area contributed by atoms with Gasteiger partial charge in [-0.25, -0.2) is 0 Å². The molecule has 1 aromatic heterocycles. The molecule has 2 aromatic rings. The molecule has 0 unspecified atom stereocenters. The molecule has 0 aliphatic rings. The average Bonchev–Trinajstić information content (AvgIpc) is 2.39. The van der Waals surface area contributed by atoms with Crippen molar-refractivity contribution in [1.82, 2.24) is 4.57 Å². The van der Waals surface area contributed by atoms with E-state index in [9.17, 15) is 9.59 Å². The number of pyridine rings is 1. The summed E-state index contributed by atoms with van der Waals surface area (Å²) in [6, 6.07) is 5.98. The van der Waals surface area contributed by atoms with Gasteiger partial charge in [-0.2, -0.15) is 0 Å². The van der Waals surface area contributed by atoms with Crippen LogP contribution < -0.4 is 10.9 Å². The van der Waals surface area contributed by atoms with E-state index in [1.165, 1.54) is 18.3 Å². The molecule has 4 nitrogen and oxygen atoms in total. The lowest BCUT2D eigenvalue weighted by atomic mass is 10.3. The lowest BCUT2D eigenvalue weighted by Crippen LogP contribution is -2.27. The molecule has 0 radical (unpaired) electrons. The summed E-state index contributed by atoms with van der Waals surface area (Å²) < 4.78 is 1.11. The van der Waals surface area contributed by atoms with Crippen molar-refractivity contribution < 1.29 is 4.79 Å². The number of anilines is 1. The molecule has 1 amide bonds. The molecule has 21 heavy (non-hydrogen) atoms. The Morgan fingerprint density at radius 3 is 2.48 bits per heavy atom. The van der Waals surface area contributed by atoms with E-state index in [1.807, 2.05) is 0 Å². The van der Waals surface area contributed by atoms with Crippen molar-refractivity contribution in [2.24, 2.45) is 0 Å². The number of hydrogen-bond donors (Lipinski definition) is 1. The van der Waals surface area contributed by atoms with Crippen molar-refractivity contribution in [1.29, 1.82) is 0 Å². The van der Waals surface area contributed by atoms with Crippen LogP contribution in [-0.2, 0) is 11.3 Å². The van der Waals surface area contributed by atoms with Gasteiger partial charge in [0.1, 0.15) is 11.6 Å². The zero-order valence-electron chi connectivity index (χ0n) is 10.4. The molecule has 0 bridgehead atoms. The summed E-state index contributed by atoms with van der Waals surface area (Å²) in [5.41, 5.74) is -0.149. The van der Waals surface area contributed by atoms with Crippen LogP contribution in [0.2, 0.25) is 20.1 Å². The number of carbonyl (C=O) groups excluding carboxylic acids is 1. The normalized spacial score (nSPS) is 10.5. The highest BCUT2D eigenvalue weighted by molar-refractivity contribution is 6.36. The summed E-state index contributed by atoms with van der Waals surface area (Å²) in [6.07, 6.45) is 1.33. The Morgan fingerprint density at radius 2 is 1.76 bits per heavy atom. The van der Waals surface area contributed by atoms with E-state index in [2.05, 4.69) is 5.32 Å². The summed E-state index contributed by atoms with van der Waals surface area (Å²) in [5, 5.41) is 3.53. The minimum absolute atomic E-state index is 0.0592. The standard InChI is InChI=1S/C13H8Cl4N2O2/c14-7-1-2-9(16)11(4-7)18-12(20)6-19-5-8(15)3-10(17)13(19)21/h1-5H,6H2,(H,18,20). The maximum Gasteiger partial charge on any atom is 0.269 e. The Balaban J connectivity index is 2.19. The Bertz CT molecular complexity index is 758. The molecule has 2 rings (SSSR count). The second kappa shape index (κ2) is 6.71. The number of aromatic nitrogens is 1. The summed E-state index contributed by atoms with van der Waals surface area (Å²) in [4.78, 5) is 23.7. The van der Waals surface area contributed by atoms with E-state index in [0.29, 0.717) is 15.7 Å². The van der Waals surface area contributed by atoms with Gasteiger partial charge < -0.3 is 9.88 Å². The van der Waals surface area contributed by atoms with Crippen molar-refractivity contribution in [2.75, 3.05) is 5.32 Å². The first-order valence-electron chi connectivity index (χ1n) is 5.67. The number of rotatable bonds is 3. The second-order valence-electron chi connectivity index (χ2n) is 4.11. The molecule has 8 heteroatoms. The van der Waals surface area contributed by atoms with E-state index in [1.54, 1.807) is 12.1 Å². The number of carbonyl (C=O) groups is 1. The monoisotopic (exact) mass is 364 g/mol. The van der Waals surface area contributed by atoms with Crippen molar-refractivity contribution in [3.8, 4) is 0 Å². The SMILES string of the molecule is O=C(Cn1cc(Cl)cc(Cl)c1=O)Nc1cc(Cl)ccc1Cl. The Kier molecular flexibility index (Phi) is 5.17. The third-order valence-corrected chi connectivity index (χ3v) is 3.57. The number of hydrogen-bond acceptors (Lipinski definition) is 2. The van der Waals surface area contributed by atoms with Gasteiger partial charge in [-0.15, -0.1) is 0 Å². The fourth-order valence-corrected chi connectivity index (χ4v) is 2.47. The molecule has 0 spiro atoms. The molecule has 0 atom stereocenters. The number of nitrogens with zero attached hydrogens (tertiary/aromatic N) is 1. The highest BCUT2D eigenvalue weighted by Gasteiger charge is 2.10. The van der Waals surface area contributed by atoms with E-state index in [0.717, 1.165) is 4.57 Å². The summed E-state index contributed by atoms with van der Waals surface area (Å²) in [5.74, 6) is -0.459. The average molecular weight is 366 g/mol. The lowest BCUT2D eigenvalue weighted by Gasteiger charge is -2.09. The van der Waals surface area contributed by atoms with Gasteiger partial charge >= 0.3 is 0 Å². The fourth-order valence-electron chi connectivity index (χ4n) is 1.62.